The van der Waals surface area contributed by atoms with E-state index in [9.17, 15) is 4.79 Å². The molecule has 3 heteroatoms. The van der Waals surface area contributed by atoms with Crippen LogP contribution in [0.1, 0.15) is 20.3 Å². The molecule has 3 nitrogen and oxygen atoms in total. The molecule has 1 heterocycles. The summed E-state index contributed by atoms with van der Waals surface area (Å²) in [6.45, 7) is 6.16. The van der Waals surface area contributed by atoms with Gasteiger partial charge in [0, 0.05) is 20.1 Å². The lowest BCUT2D eigenvalue weighted by Gasteiger charge is -2.18. The highest BCUT2D eigenvalue weighted by Crippen LogP contribution is 2.28. The van der Waals surface area contributed by atoms with Crippen LogP contribution in [0.25, 0.3) is 0 Å². The van der Waals surface area contributed by atoms with Gasteiger partial charge in [-0.2, -0.15) is 0 Å². The lowest BCUT2D eigenvalue weighted by atomic mass is 9.93. The third-order valence-corrected chi connectivity index (χ3v) is 2.18. The van der Waals surface area contributed by atoms with Gasteiger partial charge >= 0.3 is 6.03 Å². The molecule has 1 rings (SSSR count). The van der Waals surface area contributed by atoms with Crippen molar-refractivity contribution in [3.63, 3.8) is 0 Å². The van der Waals surface area contributed by atoms with E-state index in [1.54, 1.807) is 7.05 Å². The Labute approximate surface area is 67.8 Å². The van der Waals surface area contributed by atoms with E-state index in [1.807, 2.05) is 4.90 Å². The van der Waals surface area contributed by atoms with Crippen LogP contribution in [0.5, 0.6) is 0 Å². The lowest BCUT2D eigenvalue weighted by Crippen LogP contribution is -2.37. The molecular formula is C8H16N2O. The van der Waals surface area contributed by atoms with Crippen LogP contribution in [-0.2, 0) is 0 Å². The predicted molar refractivity (Wildman–Crippen MR) is 44.4 cm³/mol. The number of urea groups is 1. The molecule has 64 valence electrons. The number of hydrogen-bond donors (Lipinski definition) is 1. The minimum Gasteiger partial charge on any atom is -0.341 e. The zero-order valence-electron chi connectivity index (χ0n) is 7.48. The van der Waals surface area contributed by atoms with E-state index in [2.05, 4.69) is 19.2 Å². The Balaban J connectivity index is 2.48. The summed E-state index contributed by atoms with van der Waals surface area (Å²) in [6, 6.07) is 0.0515. The third-order valence-electron chi connectivity index (χ3n) is 2.18. The summed E-state index contributed by atoms with van der Waals surface area (Å²) in [5.74, 6) is 0. The minimum atomic E-state index is 0.0515. The zero-order valence-corrected chi connectivity index (χ0v) is 7.48. The van der Waals surface area contributed by atoms with Gasteiger partial charge < -0.3 is 10.2 Å². The quantitative estimate of drug-likeness (QED) is 0.558. The Kier molecular flexibility index (Phi) is 2.07. The van der Waals surface area contributed by atoms with Gasteiger partial charge in [-0.1, -0.05) is 13.8 Å². The van der Waals surface area contributed by atoms with Crippen molar-refractivity contribution in [2.75, 3.05) is 20.1 Å². The maximum Gasteiger partial charge on any atom is 0.317 e. The Bertz CT molecular complexity index is 165. The molecule has 2 amide bonds. The summed E-state index contributed by atoms with van der Waals surface area (Å²) >= 11 is 0. The number of carbonyl (C=O) groups excluding carboxylic acids is 1. The van der Waals surface area contributed by atoms with Crippen molar-refractivity contribution in [2.24, 2.45) is 5.41 Å². The number of amides is 2. The first-order chi connectivity index (χ1) is 5.05. The molecule has 1 aliphatic heterocycles. The van der Waals surface area contributed by atoms with Crippen molar-refractivity contribution in [3.8, 4) is 0 Å². The van der Waals surface area contributed by atoms with E-state index in [-0.39, 0.29) is 6.03 Å². The van der Waals surface area contributed by atoms with Crippen molar-refractivity contribution in [3.05, 3.63) is 0 Å². The first-order valence-electron chi connectivity index (χ1n) is 4.02. The van der Waals surface area contributed by atoms with Gasteiger partial charge in [-0.3, -0.25) is 0 Å². The van der Waals surface area contributed by atoms with E-state index in [1.165, 1.54) is 0 Å². The van der Waals surface area contributed by atoms with E-state index < -0.39 is 0 Å². The molecule has 0 saturated carbocycles. The average molecular weight is 156 g/mol. The van der Waals surface area contributed by atoms with Crippen LogP contribution in [0, 0.1) is 5.41 Å². The molecule has 0 atom stereocenters. The topological polar surface area (TPSA) is 32.3 Å². The van der Waals surface area contributed by atoms with E-state index in [0.29, 0.717) is 5.41 Å². The average Bonchev–Trinajstić information content (AvgIpc) is 2.29. The fourth-order valence-electron chi connectivity index (χ4n) is 1.44. The molecule has 11 heavy (non-hydrogen) atoms. The summed E-state index contributed by atoms with van der Waals surface area (Å²) in [6.07, 6.45) is 1.11. The highest BCUT2D eigenvalue weighted by Gasteiger charge is 2.31. The standard InChI is InChI=1S/C8H16N2O/c1-8(2)4-5-10(6-8)7(11)9-3/h4-6H2,1-3H3,(H,9,11). The normalized spacial score (nSPS) is 21.9. The van der Waals surface area contributed by atoms with Gasteiger partial charge in [-0.15, -0.1) is 0 Å². The fraction of sp³-hybridized carbons (Fsp3) is 0.875. The Morgan fingerprint density at radius 2 is 2.18 bits per heavy atom. The number of carbonyl (C=O) groups is 1. The van der Waals surface area contributed by atoms with Gasteiger partial charge in [-0.05, 0) is 11.8 Å². The summed E-state index contributed by atoms with van der Waals surface area (Å²) in [5.41, 5.74) is 0.312. The highest BCUT2D eigenvalue weighted by molar-refractivity contribution is 5.74. The van der Waals surface area contributed by atoms with E-state index in [4.69, 9.17) is 0 Å². The monoisotopic (exact) mass is 156 g/mol. The van der Waals surface area contributed by atoms with Gasteiger partial charge in [0.1, 0.15) is 0 Å². The number of nitrogens with zero attached hydrogens (tertiary/aromatic N) is 1. The highest BCUT2D eigenvalue weighted by atomic mass is 16.2. The SMILES string of the molecule is CNC(=O)N1CCC(C)(C)C1. The summed E-state index contributed by atoms with van der Waals surface area (Å²) in [4.78, 5) is 13.0. The molecule has 1 aliphatic rings. The van der Waals surface area contributed by atoms with Crippen LogP contribution in [0.3, 0.4) is 0 Å². The Hall–Kier alpha value is -0.730. The van der Waals surface area contributed by atoms with Gasteiger partial charge in [0.15, 0.2) is 0 Å². The molecule has 0 unspecified atom stereocenters. The fourth-order valence-corrected chi connectivity index (χ4v) is 1.44. The second-order valence-corrected chi connectivity index (χ2v) is 3.89. The zero-order chi connectivity index (χ0) is 8.48. The molecule has 0 spiro atoms. The van der Waals surface area contributed by atoms with Gasteiger partial charge in [0.2, 0.25) is 0 Å². The van der Waals surface area contributed by atoms with Gasteiger partial charge in [0.25, 0.3) is 0 Å². The molecule has 1 fully saturated rings. The van der Waals surface area contributed by atoms with Crippen LogP contribution >= 0.6 is 0 Å². The second kappa shape index (κ2) is 2.72. The van der Waals surface area contributed by atoms with Gasteiger partial charge in [-0.25, -0.2) is 4.79 Å². The van der Waals surface area contributed by atoms with Crippen LogP contribution in [0.4, 0.5) is 4.79 Å². The number of hydrogen-bond acceptors (Lipinski definition) is 1. The van der Waals surface area contributed by atoms with Crippen molar-refractivity contribution >= 4 is 6.03 Å². The summed E-state index contributed by atoms with van der Waals surface area (Å²) in [5, 5.41) is 2.63. The van der Waals surface area contributed by atoms with Crippen LogP contribution in [0.2, 0.25) is 0 Å². The second-order valence-electron chi connectivity index (χ2n) is 3.89. The first-order valence-corrected chi connectivity index (χ1v) is 4.02. The number of likely N-dealkylation sites (tertiary alicyclic amines) is 1. The lowest BCUT2D eigenvalue weighted by molar-refractivity contribution is 0.205. The van der Waals surface area contributed by atoms with E-state index in [0.717, 1.165) is 19.5 Å². The molecular weight excluding hydrogens is 140 g/mol. The van der Waals surface area contributed by atoms with Crippen molar-refractivity contribution in [1.29, 1.82) is 0 Å². The molecule has 0 bridgehead atoms. The third kappa shape index (κ3) is 1.85. The van der Waals surface area contributed by atoms with Crippen LogP contribution in [0.15, 0.2) is 0 Å². The smallest absolute Gasteiger partial charge is 0.317 e. The summed E-state index contributed by atoms with van der Waals surface area (Å²) < 4.78 is 0. The molecule has 0 radical (unpaired) electrons. The molecule has 0 aliphatic carbocycles. The maximum absolute atomic E-state index is 11.1. The van der Waals surface area contributed by atoms with Crippen LogP contribution in [-0.4, -0.2) is 31.1 Å². The predicted octanol–water partition coefficient (Wildman–Crippen LogP) is 1.06. The maximum atomic E-state index is 11.1. The number of nitrogens with one attached hydrogen (secondary N) is 1. The molecule has 0 aromatic rings. The molecule has 0 aromatic heterocycles. The first kappa shape index (κ1) is 8.37. The molecule has 1 N–H and O–H groups in total. The Morgan fingerprint density at radius 3 is 2.55 bits per heavy atom. The van der Waals surface area contributed by atoms with Crippen molar-refractivity contribution in [1.82, 2.24) is 10.2 Å². The Morgan fingerprint density at radius 1 is 1.55 bits per heavy atom. The van der Waals surface area contributed by atoms with Crippen molar-refractivity contribution < 1.29 is 4.79 Å². The molecule has 1 saturated heterocycles. The minimum absolute atomic E-state index is 0.0515. The largest absolute Gasteiger partial charge is 0.341 e. The van der Waals surface area contributed by atoms with Crippen molar-refractivity contribution in [2.45, 2.75) is 20.3 Å². The number of rotatable bonds is 0. The summed E-state index contributed by atoms with van der Waals surface area (Å²) in [7, 11) is 1.67. The molecule has 0 aromatic carbocycles. The van der Waals surface area contributed by atoms with Gasteiger partial charge in [0.05, 0.1) is 0 Å². The van der Waals surface area contributed by atoms with E-state index >= 15 is 0 Å². The van der Waals surface area contributed by atoms with Crippen LogP contribution < -0.4 is 5.32 Å².